The van der Waals surface area contributed by atoms with Crippen LogP contribution in [-0.2, 0) is 4.79 Å². The number of carbonyl (C=O) groups excluding carboxylic acids is 1. The van der Waals surface area contributed by atoms with Gasteiger partial charge in [0.15, 0.2) is 0 Å². The molecule has 0 spiro atoms. The second kappa shape index (κ2) is 3.13. The summed E-state index contributed by atoms with van der Waals surface area (Å²) in [7, 11) is 0. The van der Waals surface area contributed by atoms with Crippen LogP contribution in [0.1, 0.15) is 25.7 Å². The number of alkyl halides is 1. The predicted molar refractivity (Wildman–Crippen MR) is 43.7 cm³/mol. The van der Waals surface area contributed by atoms with Crippen LogP contribution < -0.4 is 0 Å². The second-order valence-electron chi connectivity index (χ2n) is 3.76. The van der Waals surface area contributed by atoms with Crippen LogP contribution in [-0.4, -0.2) is 36.0 Å². The molecule has 0 amide bonds. The fourth-order valence-electron chi connectivity index (χ4n) is 2.52. The number of carbonyl (C=O) groups is 1. The molecule has 0 aromatic heterocycles. The molecule has 2 rings (SSSR count). The molecule has 0 aliphatic carbocycles. The topological polar surface area (TPSA) is 20.3 Å². The number of hydrogen-bond acceptors (Lipinski definition) is 2. The standard InChI is InChI=1S/C9H14FNO/c10-3-4-11-7-1-2-8(11)6-9(12)5-7/h7-8H,1-6H2. The number of fused-ring (bicyclic) bond motifs is 2. The van der Waals surface area contributed by atoms with Gasteiger partial charge in [-0.05, 0) is 12.8 Å². The van der Waals surface area contributed by atoms with E-state index in [1.807, 2.05) is 0 Å². The van der Waals surface area contributed by atoms with Crippen LogP contribution in [0, 0.1) is 0 Å². The summed E-state index contributed by atoms with van der Waals surface area (Å²) in [5.41, 5.74) is 0. The Labute approximate surface area is 71.7 Å². The van der Waals surface area contributed by atoms with Gasteiger partial charge in [0.05, 0.1) is 0 Å². The molecule has 2 unspecified atom stereocenters. The third-order valence-electron chi connectivity index (χ3n) is 3.04. The van der Waals surface area contributed by atoms with Gasteiger partial charge in [-0.1, -0.05) is 0 Å². The number of nitrogens with zero attached hydrogens (tertiary/aromatic N) is 1. The summed E-state index contributed by atoms with van der Waals surface area (Å²) in [6.45, 7) is 0.254. The molecule has 68 valence electrons. The predicted octanol–water partition coefficient (Wildman–Crippen LogP) is 1.15. The fraction of sp³-hybridized carbons (Fsp3) is 0.889. The Morgan fingerprint density at radius 1 is 1.33 bits per heavy atom. The maximum absolute atomic E-state index is 12.1. The third kappa shape index (κ3) is 1.26. The minimum Gasteiger partial charge on any atom is -0.300 e. The summed E-state index contributed by atoms with van der Waals surface area (Å²) < 4.78 is 12.1. The molecule has 0 aromatic rings. The van der Waals surface area contributed by atoms with Crippen LogP contribution in [0.3, 0.4) is 0 Å². The molecular formula is C9H14FNO. The van der Waals surface area contributed by atoms with Crippen LogP contribution in [0.15, 0.2) is 0 Å². The molecule has 3 heteroatoms. The summed E-state index contributed by atoms with van der Waals surface area (Å²) in [5.74, 6) is 0.373. The number of Topliss-reactive ketones (excluding diaryl/α,β-unsaturated/α-hetero) is 1. The van der Waals surface area contributed by atoms with Crippen molar-refractivity contribution in [2.24, 2.45) is 0 Å². The van der Waals surface area contributed by atoms with Crippen LogP contribution in [0.2, 0.25) is 0 Å². The van der Waals surface area contributed by atoms with Gasteiger partial charge in [0, 0.05) is 31.5 Å². The van der Waals surface area contributed by atoms with Gasteiger partial charge >= 0.3 is 0 Å². The van der Waals surface area contributed by atoms with Crippen LogP contribution >= 0.6 is 0 Å². The van der Waals surface area contributed by atoms with Gasteiger partial charge in [-0.25, -0.2) is 4.39 Å². The molecule has 2 nitrogen and oxygen atoms in total. The van der Waals surface area contributed by atoms with E-state index in [-0.39, 0.29) is 6.67 Å². The number of piperidine rings is 1. The van der Waals surface area contributed by atoms with Crippen molar-refractivity contribution in [3.8, 4) is 0 Å². The Balaban J connectivity index is 2.04. The average Bonchev–Trinajstić information content (AvgIpc) is 2.32. The highest BCUT2D eigenvalue weighted by Gasteiger charge is 2.39. The Hall–Kier alpha value is -0.440. The van der Waals surface area contributed by atoms with Gasteiger partial charge in [-0.3, -0.25) is 9.69 Å². The average molecular weight is 171 g/mol. The summed E-state index contributed by atoms with van der Waals surface area (Å²) in [6.07, 6.45) is 3.51. The van der Waals surface area contributed by atoms with E-state index in [0.29, 0.717) is 37.3 Å². The summed E-state index contributed by atoms with van der Waals surface area (Å²) >= 11 is 0. The minimum absolute atomic E-state index is 0.277. The Morgan fingerprint density at radius 3 is 2.42 bits per heavy atom. The molecule has 2 atom stereocenters. The molecule has 2 aliphatic heterocycles. The third-order valence-corrected chi connectivity index (χ3v) is 3.04. The monoisotopic (exact) mass is 171 g/mol. The van der Waals surface area contributed by atoms with E-state index >= 15 is 0 Å². The molecule has 2 bridgehead atoms. The van der Waals surface area contributed by atoms with Gasteiger partial charge in [0.1, 0.15) is 12.5 Å². The maximum atomic E-state index is 12.1. The van der Waals surface area contributed by atoms with Crippen molar-refractivity contribution >= 4 is 5.78 Å². The van der Waals surface area contributed by atoms with Crippen molar-refractivity contribution < 1.29 is 9.18 Å². The van der Waals surface area contributed by atoms with Gasteiger partial charge in [0.2, 0.25) is 0 Å². The first kappa shape index (κ1) is 8.17. The van der Waals surface area contributed by atoms with Gasteiger partial charge in [0.25, 0.3) is 0 Å². The molecule has 2 heterocycles. The Bertz CT molecular complexity index is 179. The first-order valence-electron chi connectivity index (χ1n) is 4.64. The first-order valence-corrected chi connectivity index (χ1v) is 4.64. The number of ketones is 1. The van der Waals surface area contributed by atoms with E-state index in [4.69, 9.17) is 0 Å². The fourth-order valence-corrected chi connectivity index (χ4v) is 2.52. The zero-order valence-corrected chi connectivity index (χ0v) is 7.13. The quantitative estimate of drug-likeness (QED) is 0.621. The highest BCUT2D eigenvalue weighted by atomic mass is 19.1. The van der Waals surface area contributed by atoms with E-state index < -0.39 is 0 Å². The summed E-state index contributed by atoms with van der Waals surface area (Å²) in [5, 5.41) is 0. The van der Waals surface area contributed by atoms with E-state index in [1.165, 1.54) is 0 Å². The Morgan fingerprint density at radius 2 is 1.92 bits per heavy atom. The highest BCUT2D eigenvalue weighted by molar-refractivity contribution is 5.80. The lowest BCUT2D eigenvalue weighted by molar-refractivity contribution is -0.123. The zero-order valence-electron chi connectivity index (χ0n) is 7.13. The molecule has 0 aromatic carbocycles. The van der Waals surface area contributed by atoms with Gasteiger partial charge < -0.3 is 0 Å². The largest absolute Gasteiger partial charge is 0.300 e. The lowest BCUT2D eigenvalue weighted by Gasteiger charge is -2.32. The van der Waals surface area contributed by atoms with E-state index in [1.54, 1.807) is 0 Å². The zero-order chi connectivity index (χ0) is 8.55. The van der Waals surface area contributed by atoms with Gasteiger partial charge in [-0.15, -0.1) is 0 Å². The molecule has 2 fully saturated rings. The SMILES string of the molecule is O=C1CC2CCC(C1)N2CCF. The van der Waals surface area contributed by atoms with Crippen LogP contribution in [0.5, 0.6) is 0 Å². The van der Waals surface area contributed by atoms with Crippen LogP contribution in [0.4, 0.5) is 4.39 Å². The van der Waals surface area contributed by atoms with Crippen molar-refractivity contribution in [2.75, 3.05) is 13.2 Å². The maximum Gasteiger partial charge on any atom is 0.136 e. The van der Waals surface area contributed by atoms with Crippen molar-refractivity contribution in [1.29, 1.82) is 0 Å². The Kier molecular flexibility index (Phi) is 2.13. The number of hydrogen-bond donors (Lipinski definition) is 0. The lowest BCUT2D eigenvalue weighted by Crippen LogP contribution is -2.44. The van der Waals surface area contributed by atoms with Crippen molar-refractivity contribution in [1.82, 2.24) is 4.90 Å². The summed E-state index contributed by atoms with van der Waals surface area (Å²) in [4.78, 5) is 13.3. The lowest BCUT2D eigenvalue weighted by atomic mass is 10.0. The van der Waals surface area contributed by atoms with E-state index in [0.717, 1.165) is 12.8 Å². The van der Waals surface area contributed by atoms with E-state index in [2.05, 4.69) is 4.90 Å². The van der Waals surface area contributed by atoms with Crippen molar-refractivity contribution in [3.05, 3.63) is 0 Å². The normalized spacial score (nSPS) is 35.9. The number of halogens is 1. The van der Waals surface area contributed by atoms with Gasteiger partial charge in [-0.2, -0.15) is 0 Å². The highest BCUT2D eigenvalue weighted by Crippen LogP contribution is 2.33. The smallest absolute Gasteiger partial charge is 0.136 e. The van der Waals surface area contributed by atoms with Crippen molar-refractivity contribution in [2.45, 2.75) is 37.8 Å². The summed E-state index contributed by atoms with van der Waals surface area (Å²) in [6, 6.07) is 0.735. The second-order valence-corrected chi connectivity index (χ2v) is 3.76. The molecule has 12 heavy (non-hydrogen) atoms. The van der Waals surface area contributed by atoms with Crippen LogP contribution in [0.25, 0.3) is 0 Å². The number of rotatable bonds is 2. The molecular weight excluding hydrogens is 157 g/mol. The molecule has 0 saturated carbocycles. The molecule has 2 saturated heterocycles. The molecule has 0 N–H and O–H groups in total. The molecule has 2 aliphatic rings. The van der Waals surface area contributed by atoms with Crippen molar-refractivity contribution in [3.63, 3.8) is 0 Å². The van der Waals surface area contributed by atoms with E-state index in [9.17, 15) is 9.18 Å². The molecule has 0 radical (unpaired) electrons. The minimum atomic E-state index is -0.277. The first-order chi connectivity index (χ1) is 5.81.